The zero-order valence-electron chi connectivity index (χ0n) is 24.5. The molecular formula is C33H28F2N4O6. The molecule has 0 spiro atoms. The maximum Gasteiger partial charge on any atom is 0.261 e. The summed E-state index contributed by atoms with van der Waals surface area (Å²) in [5.74, 6) is -0.603. The highest BCUT2D eigenvalue weighted by molar-refractivity contribution is 6.10. The van der Waals surface area contributed by atoms with E-state index in [-0.39, 0.29) is 41.9 Å². The predicted molar refractivity (Wildman–Crippen MR) is 157 cm³/mol. The number of hydrogen-bond donors (Lipinski definition) is 0. The van der Waals surface area contributed by atoms with Gasteiger partial charge in [-0.25, -0.2) is 13.8 Å². The number of Topliss-reactive ketones (excluding diaryl/α,β-unsaturated/α-hetero) is 2. The Bertz CT molecular complexity index is 1890. The first-order chi connectivity index (χ1) is 21.8. The number of ether oxygens (including phenoxy) is 3. The maximum atomic E-state index is 15.3. The van der Waals surface area contributed by atoms with Gasteiger partial charge >= 0.3 is 0 Å². The van der Waals surface area contributed by atoms with E-state index in [9.17, 15) is 14.0 Å². The van der Waals surface area contributed by atoms with Crippen molar-refractivity contribution < 1.29 is 37.1 Å². The predicted octanol–water partition coefficient (Wildman–Crippen LogP) is 5.65. The van der Waals surface area contributed by atoms with E-state index in [0.717, 1.165) is 0 Å². The van der Waals surface area contributed by atoms with E-state index in [1.807, 2.05) is 0 Å². The lowest BCUT2D eigenvalue weighted by atomic mass is 9.88. The second-order valence-corrected chi connectivity index (χ2v) is 10.8. The van der Waals surface area contributed by atoms with Crippen LogP contribution >= 0.6 is 0 Å². The lowest BCUT2D eigenvalue weighted by Gasteiger charge is -2.14. The lowest BCUT2D eigenvalue weighted by molar-refractivity contribution is -0.133. The van der Waals surface area contributed by atoms with Crippen LogP contribution in [0.2, 0.25) is 0 Å². The topological polar surface area (TPSA) is 127 Å². The zero-order chi connectivity index (χ0) is 31.6. The summed E-state index contributed by atoms with van der Waals surface area (Å²) in [5.41, 5.74) is 0.849. The summed E-state index contributed by atoms with van der Waals surface area (Å²) >= 11 is 0. The van der Waals surface area contributed by atoms with E-state index in [0.29, 0.717) is 65.0 Å². The molecule has 45 heavy (non-hydrogen) atoms. The van der Waals surface area contributed by atoms with Crippen molar-refractivity contribution in [3.05, 3.63) is 89.5 Å². The standard InChI is InChI=1S/C33H28F2N4O6/c1-42-12-8-30-38-31(45-39-30)23-16-22-25(17-27(23)43-2)36-11-7-26(22)44-32-24(35)13-20(18-37-32)15-29(41)33(9-10-33)28(40)14-19-3-5-21(34)6-4-19/h3-7,11,13,16-18H,8-10,12,14-15H2,1-2H3. The van der Waals surface area contributed by atoms with Crippen LogP contribution in [-0.2, 0) is 33.6 Å². The van der Waals surface area contributed by atoms with Crippen molar-refractivity contribution in [2.75, 3.05) is 20.8 Å². The third kappa shape index (κ3) is 6.27. The van der Waals surface area contributed by atoms with Gasteiger partial charge in [0.15, 0.2) is 23.2 Å². The summed E-state index contributed by atoms with van der Waals surface area (Å²) in [6.07, 6.45) is 4.07. The number of hydrogen-bond acceptors (Lipinski definition) is 10. The van der Waals surface area contributed by atoms with Crippen molar-refractivity contribution in [3.63, 3.8) is 0 Å². The summed E-state index contributed by atoms with van der Waals surface area (Å²) in [7, 11) is 3.09. The van der Waals surface area contributed by atoms with Gasteiger partial charge in [0.05, 0.1) is 30.2 Å². The average Bonchev–Trinajstić information content (AvgIpc) is 3.73. The van der Waals surface area contributed by atoms with Crippen LogP contribution in [0.15, 0.2) is 65.4 Å². The maximum absolute atomic E-state index is 15.3. The summed E-state index contributed by atoms with van der Waals surface area (Å²) in [6, 6.07) is 11.7. The highest BCUT2D eigenvalue weighted by Crippen LogP contribution is 2.49. The highest BCUT2D eigenvalue weighted by Gasteiger charge is 2.54. The van der Waals surface area contributed by atoms with Crippen LogP contribution in [0.25, 0.3) is 22.4 Å². The number of methoxy groups -OCH3 is 2. The Hall–Kier alpha value is -5.10. The molecule has 12 heteroatoms. The van der Waals surface area contributed by atoms with Crippen molar-refractivity contribution in [1.29, 1.82) is 0 Å². The molecule has 0 unspecified atom stereocenters. The first-order valence-corrected chi connectivity index (χ1v) is 14.2. The fourth-order valence-corrected chi connectivity index (χ4v) is 5.12. The minimum absolute atomic E-state index is 0.0281. The Morgan fingerprint density at radius 1 is 0.933 bits per heavy atom. The summed E-state index contributed by atoms with van der Waals surface area (Å²) in [6.45, 7) is 0.428. The smallest absolute Gasteiger partial charge is 0.261 e. The third-order valence-corrected chi connectivity index (χ3v) is 7.78. The van der Waals surface area contributed by atoms with Crippen LogP contribution in [0.4, 0.5) is 8.78 Å². The van der Waals surface area contributed by atoms with Gasteiger partial charge in [-0.3, -0.25) is 14.6 Å². The van der Waals surface area contributed by atoms with Crippen LogP contribution in [-0.4, -0.2) is 52.5 Å². The Morgan fingerprint density at radius 2 is 1.69 bits per heavy atom. The average molecular weight is 615 g/mol. The molecular weight excluding hydrogens is 586 g/mol. The van der Waals surface area contributed by atoms with Crippen molar-refractivity contribution in [1.82, 2.24) is 20.1 Å². The summed E-state index contributed by atoms with van der Waals surface area (Å²) in [5, 5.41) is 4.50. The number of carbonyl (C=O) groups excluding carboxylic acids is 2. The van der Waals surface area contributed by atoms with Crippen LogP contribution in [0.3, 0.4) is 0 Å². The van der Waals surface area contributed by atoms with Crippen LogP contribution in [0.5, 0.6) is 17.4 Å². The number of pyridine rings is 2. The molecule has 2 aromatic carbocycles. The molecule has 1 fully saturated rings. The monoisotopic (exact) mass is 614 g/mol. The largest absolute Gasteiger partial charge is 0.496 e. The number of rotatable bonds is 13. The van der Waals surface area contributed by atoms with E-state index in [1.54, 1.807) is 25.3 Å². The van der Waals surface area contributed by atoms with Crippen LogP contribution < -0.4 is 9.47 Å². The molecule has 0 amide bonds. The number of fused-ring (bicyclic) bond motifs is 1. The first kappa shape index (κ1) is 29.9. The van der Waals surface area contributed by atoms with Gasteiger partial charge in [0, 0.05) is 50.2 Å². The molecule has 10 nitrogen and oxygen atoms in total. The van der Waals surface area contributed by atoms with Gasteiger partial charge in [-0.1, -0.05) is 17.3 Å². The molecule has 1 saturated carbocycles. The number of carbonyl (C=O) groups is 2. The SMILES string of the molecule is COCCc1noc(-c2cc3c(Oc4ncc(CC(=O)C5(C(=O)Cc6ccc(F)cc6)CC5)cc4F)ccnc3cc2OC)n1. The fraction of sp³-hybridized carbons (Fsp3) is 0.273. The molecule has 3 aromatic heterocycles. The number of nitrogens with zero attached hydrogens (tertiary/aromatic N) is 4. The fourth-order valence-electron chi connectivity index (χ4n) is 5.12. The second kappa shape index (κ2) is 12.5. The van der Waals surface area contributed by atoms with Gasteiger partial charge in [-0.2, -0.15) is 4.98 Å². The van der Waals surface area contributed by atoms with E-state index in [2.05, 4.69) is 20.1 Å². The molecule has 0 radical (unpaired) electrons. The van der Waals surface area contributed by atoms with Gasteiger partial charge in [0.25, 0.3) is 11.8 Å². The number of halogens is 2. The van der Waals surface area contributed by atoms with E-state index in [4.69, 9.17) is 18.7 Å². The number of ketones is 2. The second-order valence-electron chi connectivity index (χ2n) is 10.8. The molecule has 0 aliphatic heterocycles. The zero-order valence-corrected chi connectivity index (χ0v) is 24.5. The van der Waals surface area contributed by atoms with E-state index >= 15 is 4.39 Å². The molecule has 3 heterocycles. The molecule has 1 aliphatic carbocycles. The number of aromatic nitrogens is 4. The summed E-state index contributed by atoms with van der Waals surface area (Å²) in [4.78, 5) is 39.1. The number of benzene rings is 2. The minimum atomic E-state index is -1.10. The van der Waals surface area contributed by atoms with Gasteiger partial charge < -0.3 is 18.7 Å². The molecule has 6 rings (SSSR count). The minimum Gasteiger partial charge on any atom is -0.496 e. The third-order valence-electron chi connectivity index (χ3n) is 7.78. The Labute approximate surface area is 256 Å². The molecule has 230 valence electrons. The molecule has 0 bridgehead atoms. The van der Waals surface area contributed by atoms with Gasteiger partial charge in [-0.15, -0.1) is 0 Å². The quantitative estimate of drug-likeness (QED) is 0.154. The van der Waals surface area contributed by atoms with Crippen molar-refractivity contribution in [2.24, 2.45) is 5.41 Å². The molecule has 1 aliphatic rings. The normalized spacial score (nSPS) is 13.5. The van der Waals surface area contributed by atoms with Crippen molar-refractivity contribution in [3.8, 4) is 28.8 Å². The van der Waals surface area contributed by atoms with Crippen LogP contribution in [0.1, 0.15) is 29.8 Å². The van der Waals surface area contributed by atoms with Crippen LogP contribution in [0, 0.1) is 17.0 Å². The Morgan fingerprint density at radius 3 is 2.38 bits per heavy atom. The molecule has 0 saturated heterocycles. The summed E-state index contributed by atoms with van der Waals surface area (Å²) < 4.78 is 50.4. The Kier molecular flexibility index (Phi) is 8.31. The molecule has 0 atom stereocenters. The first-order valence-electron chi connectivity index (χ1n) is 14.2. The van der Waals surface area contributed by atoms with E-state index in [1.165, 1.54) is 49.8 Å². The lowest BCUT2D eigenvalue weighted by Crippen LogP contribution is -2.29. The highest BCUT2D eigenvalue weighted by atomic mass is 19.1. The van der Waals surface area contributed by atoms with E-state index < -0.39 is 17.0 Å². The van der Waals surface area contributed by atoms with Crippen molar-refractivity contribution in [2.45, 2.75) is 32.1 Å². The molecule has 0 N–H and O–H groups in total. The van der Waals surface area contributed by atoms with Gasteiger partial charge in [0.1, 0.15) is 17.3 Å². The van der Waals surface area contributed by atoms with Crippen molar-refractivity contribution >= 4 is 22.5 Å². The van der Waals surface area contributed by atoms with Gasteiger partial charge in [-0.05, 0) is 54.3 Å². The molecule has 5 aromatic rings. The van der Waals surface area contributed by atoms with Gasteiger partial charge in [0.2, 0.25) is 0 Å². The Balaban J connectivity index is 1.20.